The topological polar surface area (TPSA) is 29.5 Å². The zero-order valence-corrected chi connectivity index (χ0v) is 18.4. The van der Waals surface area contributed by atoms with Crippen molar-refractivity contribution in [1.29, 1.82) is 0 Å². The number of hydrogen-bond donors (Lipinski definition) is 0. The summed E-state index contributed by atoms with van der Waals surface area (Å²) in [6.07, 6.45) is 11.5. The molecule has 0 aromatic heterocycles. The fourth-order valence-corrected chi connectivity index (χ4v) is 6.47. The molecule has 0 saturated heterocycles. The van der Waals surface area contributed by atoms with Crippen molar-refractivity contribution >= 4 is 23.3 Å². The minimum Gasteiger partial charge on any atom is -0.462 e. The van der Waals surface area contributed by atoms with E-state index in [-0.39, 0.29) is 5.97 Å². The van der Waals surface area contributed by atoms with Crippen molar-refractivity contribution in [2.24, 2.45) is 11.8 Å². The molecule has 6 rings (SSSR count). The number of allylic oxidation sites excluding steroid dienone is 4. The van der Waals surface area contributed by atoms with Crippen LogP contribution in [0.15, 0.2) is 60.7 Å². The normalized spacial score (nSPS) is 29.5. The molecule has 5 unspecified atom stereocenters. The van der Waals surface area contributed by atoms with Crippen LogP contribution >= 0.6 is 11.6 Å². The van der Waals surface area contributed by atoms with Crippen molar-refractivity contribution in [1.82, 2.24) is 0 Å². The summed E-state index contributed by atoms with van der Waals surface area (Å²) >= 11 is 6.22. The molecule has 3 nitrogen and oxygen atoms in total. The molecule has 0 fully saturated rings. The van der Waals surface area contributed by atoms with Crippen LogP contribution in [0.3, 0.4) is 0 Å². The molecule has 0 amide bonds. The number of fused-ring (bicyclic) bond motifs is 4. The third kappa shape index (κ3) is 2.90. The molecule has 2 aromatic carbocycles. The van der Waals surface area contributed by atoms with Gasteiger partial charge < -0.3 is 9.64 Å². The first-order valence-electron chi connectivity index (χ1n) is 11.4. The second-order valence-corrected chi connectivity index (χ2v) is 9.61. The molecule has 0 bridgehead atoms. The van der Waals surface area contributed by atoms with Gasteiger partial charge in [0.2, 0.25) is 0 Å². The highest BCUT2D eigenvalue weighted by molar-refractivity contribution is 6.30. The maximum absolute atomic E-state index is 12.7. The highest BCUT2D eigenvalue weighted by Crippen LogP contribution is 2.59. The van der Waals surface area contributed by atoms with Gasteiger partial charge in [0.15, 0.2) is 0 Å². The van der Waals surface area contributed by atoms with Gasteiger partial charge >= 0.3 is 5.97 Å². The number of rotatable bonds is 3. The van der Waals surface area contributed by atoms with E-state index in [9.17, 15) is 4.79 Å². The standard InChI is InChI=1S/C27H26ClNO2/c1-2-31-27(30)18-13-23-20-6-3-5-17(20)15-29-25(16-9-11-19(28)12-10-16)22-8-4-7-21(22)24(14-18)26(23)29/h3-4,6-7,9-14,17,20-22,25H,2,5,8,15H2,1H3. The van der Waals surface area contributed by atoms with E-state index in [1.54, 1.807) is 0 Å². The van der Waals surface area contributed by atoms with Crippen molar-refractivity contribution in [3.05, 3.63) is 88.0 Å². The fraction of sp³-hybridized carbons (Fsp3) is 0.370. The quantitative estimate of drug-likeness (QED) is 0.415. The molecule has 0 spiro atoms. The van der Waals surface area contributed by atoms with Crippen LogP contribution in [0.25, 0.3) is 0 Å². The van der Waals surface area contributed by atoms with E-state index in [1.807, 2.05) is 19.1 Å². The number of halogens is 1. The predicted molar refractivity (Wildman–Crippen MR) is 124 cm³/mol. The lowest BCUT2D eigenvalue weighted by atomic mass is 9.70. The summed E-state index contributed by atoms with van der Waals surface area (Å²) in [7, 11) is 0. The van der Waals surface area contributed by atoms with Crippen LogP contribution in [0.4, 0.5) is 5.69 Å². The molecule has 0 N–H and O–H groups in total. The average molecular weight is 432 g/mol. The van der Waals surface area contributed by atoms with Crippen LogP contribution < -0.4 is 4.90 Å². The lowest BCUT2D eigenvalue weighted by molar-refractivity contribution is 0.0526. The number of benzene rings is 2. The summed E-state index contributed by atoms with van der Waals surface area (Å²) in [5.41, 5.74) is 5.96. The van der Waals surface area contributed by atoms with Crippen LogP contribution in [0, 0.1) is 11.8 Å². The number of carbonyl (C=O) groups excluding carboxylic acids is 1. The highest BCUT2D eigenvalue weighted by atomic mass is 35.5. The first kappa shape index (κ1) is 19.2. The number of carbonyl (C=O) groups is 1. The monoisotopic (exact) mass is 431 g/mol. The van der Waals surface area contributed by atoms with E-state index >= 15 is 0 Å². The number of ether oxygens (including phenoxy) is 1. The van der Waals surface area contributed by atoms with Gasteiger partial charge in [-0.3, -0.25) is 0 Å². The average Bonchev–Trinajstić information content (AvgIpc) is 3.44. The van der Waals surface area contributed by atoms with Crippen molar-refractivity contribution in [3.63, 3.8) is 0 Å². The van der Waals surface area contributed by atoms with Gasteiger partial charge in [-0.05, 0) is 72.6 Å². The third-order valence-electron chi connectivity index (χ3n) is 7.57. The minimum atomic E-state index is -0.212. The summed E-state index contributed by atoms with van der Waals surface area (Å²) in [6, 6.07) is 12.9. The van der Waals surface area contributed by atoms with Gasteiger partial charge in [0.1, 0.15) is 0 Å². The Morgan fingerprint density at radius 3 is 2.55 bits per heavy atom. The SMILES string of the molecule is CCOC(=O)c1cc2c3c(c1)C1C=CCC1C(c1ccc(Cl)cc1)N3CC1CC=CC21. The maximum atomic E-state index is 12.7. The van der Waals surface area contributed by atoms with Gasteiger partial charge in [0.05, 0.1) is 18.2 Å². The highest BCUT2D eigenvalue weighted by Gasteiger charge is 2.48. The maximum Gasteiger partial charge on any atom is 0.338 e. The number of anilines is 1. The van der Waals surface area contributed by atoms with Crippen LogP contribution in [0.5, 0.6) is 0 Å². The van der Waals surface area contributed by atoms with Gasteiger partial charge in [-0.15, -0.1) is 0 Å². The van der Waals surface area contributed by atoms with Crippen LogP contribution in [0.1, 0.15) is 64.7 Å². The molecule has 0 radical (unpaired) electrons. The molecule has 31 heavy (non-hydrogen) atoms. The van der Waals surface area contributed by atoms with Crippen LogP contribution in [0.2, 0.25) is 5.02 Å². The lowest BCUT2D eigenvalue weighted by Gasteiger charge is -2.51. The number of nitrogens with zero attached hydrogens (tertiary/aromatic N) is 1. The van der Waals surface area contributed by atoms with E-state index in [2.05, 4.69) is 53.5 Å². The van der Waals surface area contributed by atoms with E-state index in [1.165, 1.54) is 22.4 Å². The van der Waals surface area contributed by atoms with E-state index in [0.29, 0.717) is 41.9 Å². The smallest absolute Gasteiger partial charge is 0.338 e. The Morgan fingerprint density at radius 1 is 1.06 bits per heavy atom. The largest absolute Gasteiger partial charge is 0.462 e. The van der Waals surface area contributed by atoms with Gasteiger partial charge in [0, 0.05) is 29.1 Å². The van der Waals surface area contributed by atoms with Gasteiger partial charge in [0.25, 0.3) is 0 Å². The Labute approximate surface area is 188 Å². The summed E-state index contributed by atoms with van der Waals surface area (Å²) in [6.45, 7) is 3.31. The molecule has 0 saturated carbocycles. The summed E-state index contributed by atoms with van der Waals surface area (Å²) < 4.78 is 5.39. The molecular weight excluding hydrogens is 406 g/mol. The second-order valence-electron chi connectivity index (χ2n) is 9.18. The zero-order chi connectivity index (χ0) is 21.1. The Balaban J connectivity index is 1.56. The Bertz CT molecular complexity index is 1090. The number of hydrogen-bond acceptors (Lipinski definition) is 3. The predicted octanol–water partition coefficient (Wildman–Crippen LogP) is 6.41. The van der Waals surface area contributed by atoms with Gasteiger partial charge in [-0.1, -0.05) is 48.0 Å². The van der Waals surface area contributed by atoms with Crippen molar-refractivity contribution in [3.8, 4) is 0 Å². The molecule has 158 valence electrons. The molecule has 4 heteroatoms. The minimum absolute atomic E-state index is 0.212. The molecule has 4 aliphatic rings. The molecular formula is C27H26ClNO2. The fourth-order valence-electron chi connectivity index (χ4n) is 6.35. The van der Waals surface area contributed by atoms with E-state index in [0.717, 1.165) is 24.4 Å². The molecule has 2 aromatic rings. The Kier molecular flexibility index (Phi) is 4.50. The second kappa shape index (κ2) is 7.27. The van der Waals surface area contributed by atoms with Crippen LogP contribution in [-0.2, 0) is 4.74 Å². The summed E-state index contributed by atoms with van der Waals surface area (Å²) in [4.78, 5) is 15.4. The first-order chi connectivity index (χ1) is 15.2. The summed E-state index contributed by atoms with van der Waals surface area (Å²) in [5.74, 6) is 1.51. The zero-order valence-electron chi connectivity index (χ0n) is 17.6. The Morgan fingerprint density at radius 2 is 1.77 bits per heavy atom. The third-order valence-corrected chi connectivity index (χ3v) is 7.82. The summed E-state index contributed by atoms with van der Waals surface area (Å²) in [5, 5.41) is 0.777. The van der Waals surface area contributed by atoms with Crippen molar-refractivity contribution in [2.45, 2.75) is 37.6 Å². The molecule has 2 aliphatic heterocycles. The molecule has 2 heterocycles. The number of esters is 1. The van der Waals surface area contributed by atoms with Crippen molar-refractivity contribution in [2.75, 3.05) is 18.1 Å². The van der Waals surface area contributed by atoms with E-state index < -0.39 is 0 Å². The van der Waals surface area contributed by atoms with Crippen molar-refractivity contribution < 1.29 is 9.53 Å². The lowest BCUT2D eigenvalue weighted by Crippen LogP contribution is -2.46. The van der Waals surface area contributed by atoms with E-state index in [4.69, 9.17) is 16.3 Å². The van der Waals surface area contributed by atoms with Gasteiger partial charge in [-0.25, -0.2) is 4.79 Å². The first-order valence-corrected chi connectivity index (χ1v) is 11.7. The van der Waals surface area contributed by atoms with Crippen LogP contribution in [-0.4, -0.2) is 19.1 Å². The molecule has 2 aliphatic carbocycles. The van der Waals surface area contributed by atoms with Gasteiger partial charge in [-0.2, -0.15) is 0 Å². The molecule has 5 atom stereocenters. The Hall–Kier alpha value is -2.52.